The van der Waals surface area contributed by atoms with Gasteiger partial charge in [-0.2, -0.15) is 0 Å². The molecule has 2 unspecified atom stereocenters. The molecule has 0 bridgehead atoms. The summed E-state index contributed by atoms with van der Waals surface area (Å²) < 4.78 is 11.9. The summed E-state index contributed by atoms with van der Waals surface area (Å²) in [5, 5.41) is 15.2. The molecular weight excluding hydrogens is 234 g/mol. The average molecular weight is 257 g/mol. The van der Waals surface area contributed by atoms with Crippen molar-refractivity contribution >= 4 is 0 Å². The molecule has 1 aromatic heterocycles. The molecule has 1 aromatic rings. The van der Waals surface area contributed by atoms with Gasteiger partial charge in [0.25, 0.3) is 0 Å². The second-order valence-electron chi connectivity index (χ2n) is 4.28. The molecule has 7 heteroatoms. The van der Waals surface area contributed by atoms with Crippen LogP contribution in [0.2, 0.25) is 0 Å². The van der Waals surface area contributed by atoms with Crippen LogP contribution >= 0.6 is 0 Å². The number of hydrogen-bond acceptors (Lipinski definition) is 6. The molecule has 104 valence electrons. The third kappa shape index (κ3) is 4.32. The van der Waals surface area contributed by atoms with Crippen molar-refractivity contribution in [3.8, 4) is 0 Å². The van der Waals surface area contributed by atoms with E-state index in [-0.39, 0.29) is 12.1 Å². The Kier molecular flexibility index (Phi) is 6.77. The van der Waals surface area contributed by atoms with Crippen molar-refractivity contribution in [2.45, 2.75) is 32.4 Å². The van der Waals surface area contributed by atoms with Gasteiger partial charge in [-0.1, -0.05) is 0 Å². The molecule has 1 rings (SSSR count). The Morgan fingerprint density at radius 2 is 1.94 bits per heavy atom. The Morgan fingerprint density at radius 3 is 2.61 bits per heavy atom. The van der Waals surface area contributed by atoms with Crippen LogP contribution in [0.15, 0.2) is 0 Å². The molecule has 1 heterocycles. The highest BCUT2D eigenvalue weighted by atomic mass is 16.5. The van der Waals surface area contributed by atoms with E-state index in [1.807, 2.05) is 11.6 Å². The number of tetrazole rings is 1. The lowest BCUT2D eigenvalue weighted by Gasteiger charge is -2.17. The topological polar surface area (TPSA) is 74.1 Å². The van der Waals surface area contributed by atoms with Gasteiger partial charge in [0.1, 0.15) is 0 Å². The minimum absolute atomic E-state index is 0.0974. The van der Waals surface area contributed by atoms with Crippen LogP contribution in [0.4, 0.5) is 0 Å². The summed E-state index contributed by atoms with van der Waals surface area (Å²) in [7, 11) is 3.38. The van der Waals surface area contributed by atoms with Crippen LogP contribution in [0.25, 0.3) is 0 Å². The zero-order valence-corrected chi connectivity index (χ0v) is 11.6. The minimum Gasteiger partial charge on any atom is -0.385 e. The van der Waals surface area contributed by atoms with E-state index in [0.717, 1.165) is 18.8 Å². The van der Waals surface area contributed by atoms with Crippen LogP contribution in [0.5, 0.6) is 0 Å². The average Bonchev–Trinajstić information content (AvgIpc) is 2.85. The first-order chi connectivity index (χ1) is 8.70. The zero-order chi connectivity index (χ0) is 13.4. The maximum Gasteiger partial charge on any atom is 0.168 e. The smallest absolute Gasteiger partial charge is 0.168 e. The highest BCUT2D eigenvalue weighted by Crippen LogP contribution is 2.15. The Hall–Kier alpha value is -1.05. The minimum atomic E-state index is 0.0974. The van der Waals surface area contributed by atoms with Crippen molar-refractivity contribution in [3.63, 3.8) is 0 Å². The lowest BCUT2D eigenvalue weighted by atomic mass is 10.2. The van der Waals surface area contributed by atoms with Gasteiger partial charge in [-0.15, -0.1) is 5.10 Å². The molecule has 0 spiro atoms. The standard InChI is InChI=1S/C11H23N5O2/c1-9(5-7-17-3)16-11(13-14-15-16)10(2)12-6-8-18-4/h9-10,12H,5-8H2,1-4H3. The summed E-state index contributed by atoms with van der Waals surface area (Å²) in [5.41, 5.74) is 0. The fraction of sp³-hybridized carbons (Fsp3) is 0.909. The van der Waals surface area contributed by atoms with E-state index in [0.29, 0.717) is 13.2 Å². The quantitative estimate of drug-likeness (QED) is 0.652. The molecular formula is C11H23N5O2. The van der Waals surface area contributed by atoms with Gasteiger partial charge in [0, 0.05) is 27.4 Å². The fourth-order valence-corrected chi connectivity index (χ4v) is 1.68. The first kappa shape index (κ1) is 15.0. The van der Waals surface area contributed by atoms with Crippen LogP contribution in [-0.2, 0) is 9.47 Å². The third-order valence-corrected chi connectivity index (χ3v) is 2.82. The summed E-state index contributed by atoms with van der Waals surface area (Å²) in [6.07, 6.45) is 0.888. The van der Waals surface area contributed by atoms with E-state index in [2.05, 4.69) is 27.8 Å². The van der Waals surface area contributed by atoms with Crippen molar-refractivity contribution in [1.29, 1.82) is 0 Å². The van der Waals surface area contributed by atoms with E-state index in [9.17, 15) is 0 Å². The maximum absolute atomic E-state index is 5.08. The molecule has 2 atom stereocenters. The molecule has 0 saturated heterocycles. The Morgan fingerprint density at radius 1 is 1.22 bits per heavy atom. The van der Waals surface area contributed by atoms with Gasteiger partial charge in [-0.3, -0.25) is 0 Å². The number of aromatic nitrogens is 4. The fourth-order valence-electron chi connectivity index (χ4n) is 1.68. The Balaban J connectivity index is 2.57. The lowest BCUT2D eigenvalue weighted by molar-refractivity contribution is 0.176. The summed E-state index contributed by atoms with van der Waals surface area (Å²) in [4.78, 5) is 0. The molecule has 0 radical (unpaired) electrons. The van der Waals surface area contributed by atoms with Crippen LogP contribution in [0.3, 0.4) is 0 Å². The van der Waals surface area contributed by atoms with Crippen molar-refractivity contribution in [1.82, 2.24) is 25.5 Å². The van der Waals surface area contributed by atoms with Crippen molar-refractivity contribution in [2.75, 3.05) is 34.0 Å². The van der Waals surface area contributed by atoms with Gasteiger partial charge in [0.15, 0.2) is 5.82 Å². The van der Waals surface area contributed by atoms with E-state index in [4.69, 9.17) is 9.47 Å². The molecule has 7 nitrogen and oxygen atoms in total. The molecule has 0 saturated carbocycles. The summed E-state index contributed by atoms with van der Waals surface area (Å²) in [6, 6.07) is 0.321. The number of rotatable bonds is 9. The van der Waals surface area contributed by atoms with Gasteiger partial charge in [-0.05, 0) is 30.7 Å². The first-order valence-corrected chi connectivity index (χ1v) is 6.19. The van der Waals surface area contributed by atoms with Crippen molar-refractivity contribution in [2.24, 2.45) is 0 Å². The van der Waals surface area contributed by atoms with Gasteiger partial charge in [-0.25, -0.2) is 4.68 Å². The molecule has 0 aromatic carbocycles. The number of ether oxygens (including phenoxy) is 2. The second-order valence-corrected chi connectivity index (χ2v) is 4.28. The highest BCUT2D eigenvalue weighted by molar-refractivity contribution is 4.91. The molecule has 0 amide bonds. The number of hydrogen-bond donors (Lipinski definition) is 1. The number of methoxy groups -OCH3 is 2. The van der Waals surface area contributed by atoms with E-state index < -0.39 is 0 Å². The third-order valence-electron chi connectivity index (χ3n) is 2.82. The lowest BCUT2D eigenvalue weighted by Crippen LogP contribution is -2.26. The Bertz CT molecular complexity index is 331. The molecule has 1 N–H and O–H groups in total. The van der Waals surface area contributed by atoms with E-state index in [1.54, 1.807) is 14.2 Å². The predicted molar refractivity (Wildman–Crippen MR) is 67.3 cm³/mol. The predicted octanol–water partition coefficient (Wildman–Crippen LogP) is 0.568. The maximum atomic E-state index is 5.08. The van der Waals surface area contributed by atoms with Gasteiger partial charge >= 0.3 is 0 Å². The number of nitrogens with zero attached hydrogens (tertiary/aromatic N) is 4. The Labute approximate surface area is 108 Å². The first-order valence-electron chi connectivity index (χ1n) is 6.19. The molecule has 18 heavy (non-hydrogen) atoms. The van der Waals surface area contributed by atoms with Gasteiger partial charge in [0.05, 0.1) is 18.7 Å². The molecule has 0 aliphatic carbocycles. The van der Waals surface area contributed by atoms with E-state index in [1.165, 1.54) is 0 Å². The van der Waals surface area contributed by atoms with Gasteiger partial charge < -0.3 is 14.8 Å². The zero-order valence-electron chi connectivity index (χ0n) is 11.6. The monoisotopic (exact) mass is 257 g/mol. The normalized spacial score (nSPS) is 14.7. The van der Waals surface area contributed by atoms with Crippen LogP contribution in [0.1, 0.15) is 38.2 Å². The second kappa shape index (κ2) is 8.12. The molecule has 0 aliphatic rings. The summed E-state index contributed by atoms with van der Waals surface area (Å²) in [6.45, 7) is 6.27. The molecule has 0 fully saturated rings. The van der Waals surface area contributed by atoms with Crippen molar-refractivity contribution in [3.05, 3.63) is 5.82 Å². The highest BCUT2D eigenvalue weighted by Gasteiger charge is 2.17. The van der Waals surface area contributed by atoms with Crippen LogP contribution in [0, 0.1) is 0 Å². The van der Waals surface area contributed by atoms with Crippen LogP contribution < -0.4 is 5.32 Å². The van der Waals surface area contributed by atoms with Gasteiger partial charge in [0.2, 0.25) is 0 Å². The molecule has 0 aliphatic heterocycles. The van der Waals surface area contributed by atoms with Crippen molar-refractivity contribution < 1.29 is 9.47 Å². The largest absolute Gasteiger partial charge is 0.385 e. The number of nitrogens with one attached hydrogen (secondary N) is 1. The van der Waals surface area contributed by atoms with Crippen LogP contribution in [-0.4, -0.2) is 54.2 Å². The summed E-state index contributed by atoms with van der Waals surface area (Å²) in [5.74, 6) is 0.842. The SMILES string of the molecule is COCCNC(C)c1nnnn1C(C)CCOC. The summed E-state index contributed by atoms with van der Waals surface area (Å²) >= 11 is 0. The van der Waals surface area contributed by atoms with E-state index >= 15 is 0 Å².